The van der Waals surface area contributed by atoms with Crippen molar-refractivity contribution in [3.05, 3.63) is 74.4 Å². The van der Waals surface area contributed by atoms with Crippen molar-refractivity contribution in [2.24, 2.45) is 0 Å². The number of amides is 1. The summed E-state index contributed by atoms with van der Waals surface area (Å²) in [6.45, 7) is 1.46. The normalized spacial score (nSPS) is 13.8. The highest BCUT2D eigenvalue weighted by Crippen LogP contribution is 2.30. The number of anilines is 1. The van der Waals surface area contributed by atoms with Gasteiger partial charge in [0.1, 0.15) is 0 Å². The van der Waals surface area contributed by atoms with Crippen LogP contribution in [0.5, 0.6) is 0 Å². The molecule has 4 rings (SSSR count). The number of pyridine rings is 1. The average molecular weight is 454 g/mol. The first-order valence-corrected chi connectivity index (χ1v) is 10.6. The number of halogens is 1. The SMILES string of the molecule is CC(OC(=O)c1c2c(nc3ccccc13)CCCC2)C(=O)Nc1ccc([N+](=O)[O-])cc1Cl. The van der Waals surface area contributed by atoms with E-state index >= 15 is 0 Å². The number of nitro groups is 1. The van der Waals surface area contributed by atoms with Gasteiger partial charge in [-0.3, -0.25) is 19.9 Å². The number of fused-ring (bicyclic) bond motifs is 2. The Morgan fingerprint density at radius 3 is 2.69 bits per heavy atom. The maximum atomic E-state index is 13.2. The number of aryl methyl sites for hydroxylation is 1. The molecule has 1 unspecified atom stereocenters. The van der Waals surface area contributed by atoms with E-state index in [0.29, 0.717) is 10.9 Å². The number of aromatic nitrogens is 1. The largest absolute Gasteiger partial charge is 0.449 e. The first-order valence-electron chi connectivity index (χ1n) is 10.2. The fraction of sp³-hybridized carbons (Fsp3) is 0.261. The summed E-state index contributed by atoms with van der Waals surface area (Å²) >= 11 is 6.03. The lowest BCUT2D eigenvalue weighted by molar-refractivity contribution is -0.384. The number of nitro benzene ring substituents is 1. The number of benzene rings is 2. The molecule has 8 nitrogen and oxygen atoms in total. The van der Waals surface area contributed by atoms with E-state index in [9.17, 15) is 19.7 Å². The summed E-state index contributed by atoms with van der Waals surface area (Å²) in [5, 5.41) is 14.1. The van der Waals surface area contributed by atoms with Crippen LogP contribution >= 0.6 is 11.6 Å². The Labute approximate surface area is 188 Å². The highest BCUT2D eigenvalue weighted by Gasteiger charge is 2.27. The second-order valence-corrected chi connectivity index (χ2v) is 8.00. The molecule has 32 heavy (non-hydrogen) atoms. The Hall–Kier alpha value is -3.52. The van der Waals surface area contributed by atoms with Crippen molar-refractivity contribution >= 4 is 45.8 Å². The molecule has 0 fully saturated rings. The van der Waals surface area contributed by atoms with Crippen LogP contribution in [0.1, 0.15) is 41.4 Å². The van der Waals surface area contributed by atoms with Crippen LogP contribution in [0.2, 0.25) is 5.02 Å². The molecule has 2 aromatic carbocycles. The first kappa shape index (κ1) is 21.7. The second kappa shape index (κ2) is 8.92. The zero-order valence-electron chi connectivity index (χ0n) is 17.3. The van der Waals surface area contributed by atoms with E-state index in [-0.39, 0.29) is 16.4 Å². The number of ether oxygens (including phenoxy) is 1. The average Bonchev–Trinajstić information content (AvgIpc) is 2.78. The molecule has 1 N–H and O–H groups in total. The molecule has 164 valence electrons. The molecule has 0 spiro atoms. The van der Waals surface area contributed by atoms with Crippen LogP contribution in [-0.2, 0) is 22.4 Å². The lowest BCUT2D eigenvalue weighted by Crippen LogP contribution is -2.30. The monoisotopic (exact) mass is 453 g/mol. The molecule has 0 aliphatic heterocycles. The number of para-hydroxylation sites is 1. The number of rotatable bonds is 5. The zero-order valence-corrected chi connectivity index (χ0v) is 18.0. The molecule has 0 radical (unpaired) electrons. The summed E-state index contributed by atoms with van der Waals surface area (Å²) in [5.41, 5.74) is 2.95. The summed E-state index contributed by atoms with van der Waals surface area (Å²) in [6, 6.07) is 11.1. The summed E-state index contributed by atoms with van der Waals surface area (Å²) in [5.74, 6) is -1.18. The number of non-ortho nitro benzene ring substituents is 1. The minimum absolute atomic E-state index is 0.0141. The van der Waals surface area contributed by atoms with Crippen molar-refractivity contribution in [3.63, 3.8) is 0 Å². The van der Waals surface area contributed by atoms with Crippen molar-refractivity contribution in [2.45, 2.75) is 38.7 Å². The fourth-order valence-electron chi connectivity index (χ4n) is 3.83. The maximum Gasteiger partial charge on any atom is 0.339 e. The predicted octanol–water partition coefficient (Wildman–Crippen LogP) is 4.86. The topological polar surface area (TPSA) is 111 Å². The molecule has 9 heteroatoms. The fourth-order valence-corrected chi connectivity index (χ4v) is 4.05. The smallest absolute Gasteiger partial charge is 0.339 e. The molecule has 1 aromatic heterocycles. The van der Waals surface area contributed by atoms with Gasteiger partial charge in [-0.15, -0.1) is 0 Å². The van der Waals surface area contributed by atoms with Crippen LogP contribution in [0.4, 0.5) is 11.4 Å². The summed E-state index contributed by atoms with van der Waals surface area (Å²) < 4.78 is 5.52. The lowest BCUT2D eigenvalue weighted by atomic mass is 9.90. The first-order chi connectivity index (χ1) is 15.3. The van der Waals surface area contributed by atoms with Crippen molar-refractivity contribution in [2.75, 3.05) is 5.32 Å². The Kier molecular flexibility index (Phi) is 6.05. The molecule has 0 saturated heterocycles. The van der Waals surface area contributed by atoms with E-state index in [1.165, 1.54) is 19.1 Å². The van der Waals surface area contributed by atoms with Crippen molar-refractivity contribution < 1.29 is 19.2 Å². The van der Waals surface area contributed by atoms with E-state index in [0.717, 1.165) is 48.5 Å². The lowest BCUT2D eigenvalue weighted by Gasteiger charge is -2.21. The molecule has 1 aliphatic rings. The number of carbonyl (C=O) groups is 2. The van der Waals surface area contributed by atoms with Crippen LogP contribution < -0.4 is 5.32 Å². The van der Waals surface area contributed by atoms with E-state index < -0.39 is 22.9 Å². The standard InChI is InChI=1S/C23H20ClN3O5/c1-13(22(28)26-20-11-10-14(27(30)31)12-17(20)24)32-23(29)21-15-6-2-4-8-18(15)25-19-9-5-3-7-16(19)21/h2,4,6,8,10-13H,3,5,7,9H2,1H3,(H,26,28). The molecule has 1 atom stereocenters. The van der Waals surface area contributed by atoms with Gasteiger partial charge >= 0.3 is 5.97 Å². The minimum Gasteiger partial charge on any atom is -0.449 e. The predicted molar refractivity (Wildman–Crippen MR) is 120 cm³/mol. The third-order valence-electron chi connectivity index (χ3n) is 5.45. The Morgan fingerprint density at radius 1 is 1.19 bits per heavy atom. The van der Waals surface area contributed by atoms with Gasteiger partial charge in [-0.25, -0.2) is 4.79 Å². The number of nitrogens with one attached hydrogen (secondary N) is 1. The van der Waals surface area contributed by atoms with Crippen LogP contribution in [-0.4, -0.2) is 27.9 Å². The van der Waals surface area contributed by atoms with Crippen LogP contribution in [0.25, 0.3) is 10.9 Å². The van der Waals surface area contributed by atoms with Crippen molar-refractivity contribution in [1.29, 1.82) is 0 Å². The van der Waals surface area contributed by atoms with Crippen molar-refractivity contribution in [3.8, 4) is 0 Å². The summed E-state index contributed by atoms with van der Waals surface area (Å²) in [4.78, 5) is 40.7. The van der Waals surface area contributed by atoms with Gasteiger partial charge in [-0.2, -0.15) is 0 Å². The van der Waals surface area contributed by atoms with Crippen LogP contribution in [0.3, 0.4) is 0 Å². The van der Waals surface area contributed by atoms with Gasteiger partial charge in [-0.05, 0) is 50.3 Å². The Balaban J connectivity index is 1.56. The molecule has 0 bridgehead atoms. The summed E-state index contributed by atoms with van der Waals surface area (Å²) in [7, 11) is 0. The van der Waals surface area contributed by atoms with E-state index in [2.05, 4.69) is 5.32 Å². The third-order valence-corrected chi connectivity index (χ3v) is 5.76. The highest BCUT2D eigenvalue weighted by atomic mass is 35.5. The van der Waals surface area contributed by atoms with Gasteiger partial charge in [0, 0.05) is 23.2 Å². The Morgan fingerprint density at radius 2 is 1.94 bits per heavy atom. The molecule has 0 saturated carbocycles. The third kappa shape index (κ3) is 4.27. The van der Waals surface area contributed by atoms with Crippen molar-refractivity contribution in [1.82, 2.24) is 4.98 Å². The number of nitrogens with zero attached hydrogens (tertiary/aromatic N) is 2. The quantitative estimate of drug-likeness (QED) is 0.335. The van der Waals surface area contributed by atoms with Crippen LogP contribution in [0, 0.1) is 10.1 Å². The number of carbonyl (C=O) groups excluding carboxylic acids is 2. The van der Waals surface area contributed by atoms with Gasteiger partial charge in [-0.1, -0.05) is 29.8 Å². The number of hydrogen-bond donors (Lipinski definition) is 1. The Bertz CT molecular complexity index is 1240. The molecule has 1 amide bonds. The van der Waals surface area contributed by atoms with Gasteiger partial charge in [0.15, 0.2) is 6.10 Å². The second-order valence-electron chi connectivity index (χ2n) is 7.59. The molecular formula is C23H20ClN3O5. The van der Waals surface area contributed by atoms with Crippen LogP contribution in [0.15, 0.2) is 42.5 Å². The van der Waals surface area contributed by atoms with Gasteiger partial charge in [0.2, 0.25) is 0 Å². The van der Waals surface area contributed by atoms with Gasteiger partial charge in [0.05, 0.1) is 26.7 Å². The minimum atomic E-state index is -1.11. The number of esters is 1. The maximum absolute atomic E-state index is 13.2. The van der Waals surface area contributed by atoms with E-state index in [1.54, 1.807) is 0 Å². The van der Waals surface area contributed by atoms with Gasteiger partial charge in [0.25, 0.3) is 11.6 Å². The molecule has 3 aromatic rings. The highest BCUT2D eigenvalue weighted by molar-refractivity contribution is 6.34. The molecule has 1 aliphatic carbocycles. The van der Waals surface area contributed by atoms with E-state index in [1.807, 2.05) is 24.3 Å². The number of hydrogen-bond acceptors (Lipinski definition) is 6. The van der Waals surface area contributed by atoms with Gasteiger partial charge < -0.3 is 10.1 Å². The summed E-state index contributed by atoms with van der Waals surface area (Å²) in [6.07, 6.45) is 2.40. The van der Waals surface area contributed by atoms with E-state index in [4.69, 9.17) is 21.3 Å². The molecular weight excluding hydrogens is 434 g/mol. The molecule has 1 heterocycles. The zero-order chi connectivity index (χ0) is 22.8.